The third-order valence-electron chi connectivity index (χ3n) is 0.834. The molecule has 0 fully saturated rings. The summed E-state index contributed by atoms with van der Waals surface area (Å²) >= 11 is 4.40. The molecule has 0 saturated heterocycles. The Balaban J connectivity index is 2.84. The maximum Gasteiger partial charge on any atom is 0.327 e. The standard InChI is InChI=1S/C4H3NO2S/c6-3-1-2-4(7)5(3)8/h1-2,5H. The molecule has 0 aliphatic carbocycles. The summed E-state index contributed by atoms with van der Waals surface area (Å²) < 4.78 is -0.0926. The number of rotatable bonds is 0. The van der Waals surface area contributed by atoms with E-state index in [1.165, 1.54) is 12.2 Å². The molecule has 8 heavy (non-hydrogen) atoms. The molecule has 0 saturated carbocycles. The Morgan fingerprint density at radius 1 is 1.25 bits per heavy atom. The van der Waals surface area contributed by atoms with Crippen LogP contribution in [0.4, 0.5) is 0 Å². The number of quaternary nitrogens is 1. The molecule has 1 rings (SSSR count). The van der Waals surface area contributed by atoms with Gasteiger partial charge in [-0.3, -0.25) is 0 Å². The molecule has 4 heteroatoms. The smallest absolute Gasteiger partial charge is 0.327 e. The fourth-order valence-electron chi connectivity index (χ4n) is 0.424. The topological polar surface area (TPSA) is 38.6 Å². The highest BCUT2D eigenvalue weighted by molar-refractivity contribution is 7.52. The molecule has 42 valence electrons. The highest BCUT2D eigenvalue weighted by Crippen LogP contribution is 1.75. The highest BCUT2D eigenvalue weighted by Gasteiger charge is 2.18. The number of carbonyl (C=O) groups is 2. The van der Waals surface area contributed by atoms with Gasteiger partial charge in [-0.1, -0.05) is 0 Å². The molecule has 3 nitrogen and oxygen atoms in total. The molecule has 1 N–H and O–H groups in total. The van der Waals surface area contributed by atoms with Crippen molar-refractivity contribution in [2.75, 3.05) is 0 Å². The van der Waals surface area contributed by atoms with E-state index in [9.17, 15) is 9.59 Å². The van der Waals surface area contributed by atoms with Crippen molar-refractivity contribution in [2.24, 2.45) is 0 Å². The molecule has 1 aliphatic heterocycles. The van der Waals surface area contributed by atoms with Crippen molar-refractivity contribution >= 4 is 24.6 Å². The van der Waals surface area contributed by atoms with Gasteiger partial charge in [0, 0.05) is 0 Å². The van der Waals surface area contributed by atoms with E-state index in [0.717, 1.165) is 0 Å². The third kappa shape index (κ3) is 0.677. The van der Waals surface area contributed by atoms with Gasteiger partial charge in [0.15, 0.2) is 0 Å². The molecule has 0 atom stereocenters. The largest absolute Gasteiger partial charge is 0.477 e. The van der Waals surface area contributed by atoms with E-state index in [1.54, 1.807) is 0 Å². The minimum atomic E-state index is -0.343. The lowest BCUT2D eigenvalue weighted by Crippen LogP contribution is -3.10. The lowest BCUT2D eigenvalue weighted by molar-refractivity contribution is -0.570. The third-order valence-corrected chi connectivity index (χ3v) is 1.24. The summed E-state index contributed by atoms with van der Waals surface area (Å²) in [4.78, 5) is 20.7. The Labute approximate surface area is 51.5 Å². The Hall–Kier alpha value is -0.610. The summed E-state index contributed by atoms with van der Waals surface area (Å²) in [7, 11) is 0. The summed E-state index contributed by atoms with van der Waals surface area (Å²) in [6.45, 7) is 0. The molecule has 2 amide bonds. The number of imide groups is 1. The molecule has 1 aliphatic rings. The molecule has 0 unspecified atom stereocenters. The first kappa shape index (κ1) is 5.53. The van der Waals surface area contributed by atoms with Gasteiger partial charge in [0.05, 0.1) is 12.2 Å². The molecule has 0 aromatic rings. The lowest BCUT2D eigenvalue weighted by Gasteiger charge is -2.07. The second-order valence-corrected chi connectivity index (χ2v) is 1.80. The van der Waals surface area contributed by atoms with E-state index in [1.807, 2.05) is 0 Å². The Morgan fingerprint density at radius 2 is 1.62 bits per heavy atom. The Morgan fingerprint density at radius 3 is 1.75 bits per heavy atom. The van der Waals surface area contributed by atoms with E-state index in [4.69, 9.17) is 0 Å². The zero-order valence-corrected chi connectivity index (χ0v) is 4.70. The van der Waals surface area contributed by atoms with Gasteiger partial charge in [-0.25, -0.2) is 9.59 Å². The van der Waals surface area contributed by atoms with E-state index in [-0.39, 0.29) is 16.1 Å². The van der Waals surface area contributed by atoms with E-state index in [2.05, 4.69) is 12.8 Å². The summed E-state index contributed by atoms with van der Waals surface area (Å²) in [5, 5.41) is 0. The van der Waals surface area contributed by atoms with Crippen LogP contribution < -0.4 is 4.31 Å². The number of hydrogen-bond donors (Lipinski definition) is 1. The van der Waals surface area contributed by atoms with Crippen molar-refractivity contribution < 1.29 is 13.9 Å². The fourth-order valence-corrected chi connectivity index (χ4v) is 0.560. The van der Waals surface area contributed by atoms with Crippen LogP contribution in [0.15, 0.2) is 12.2 Å². The summed E-state index contributed by atoms with van der Waals surface area (Å²) in [6, 6.07) is 0. The van der Waals surface area contributed by atoms with Gasteiger partial charge in [0.1, 0.15) is 0 Å². The van der Waals surface area contributed by atoms with Crippen LogP contribution in [0.3, 0.4) is 0 Å². The maximum atomic E-state index is 10.3. The van der Waals surface area contributed by atoms with Gasteiger partial charge < -0.3 is 17.1 Å². The van der Waals surface area contributed by atoms with Crippen molar-refractivity contribution in [2.45, 2.75) is 0 Å². The van der Waals surface area contributed by atoms with Gasteiger partial charge in [-0.15, -0.1) is 0 Å². The average molecular weight is 129 g/mol. The van der Waals surface area contributed by atoms with E-state index < -0.39 is 0 Å². The first-order valence-electron chi connectivity index (χ1n) is 2.02. The maximum absolute atomic E-state index is 10.3. The van der Waals surface area contributed by atoms with Crippen molar-refractivity contribution in [1.82, 2.24) is 0 Å². The first-order chi connectivity index (χ1) is 3.72. The lowest BCUT2D eigenvalue weighted by atomic mass is 10.6. The normalized spacial score (nSPS) is 20.6. The minimum Gasteiger partial charge on any atom is -0.477 e. The molecule has 0 spiro atoms. The quantitative estimate of drug-likeness (QED) is 0.302. The summed E-state index contributed by atoms with van der Waals surface area (Å²) in [5.74, 6) is -0.685. The van der Waals surface area contributed by atoms with Gasteiger partial charge in [0.2, 0.25) is 0 Å². The van der Waals surface area contributed by atoms with Crippen LogP contribution in [0, 0.1) is 0 Å². The van der Waals surface area contributed by atoms with Crippen molar-refractivity contribution in [3.05, 3.63) is 12.2 Å². The molecule has 0 radical (unpaired) electrons. The second kappa shape index (κ2) is 1.72. The van der Waals surface area contributed by atoms with Crippen molar-refractivity contribution in [3.8, 4) is 0 Å². The predicted octanol–water partition coefficient (Wildman–Crippen LogP) is -2.04. The zero-order chi connectivity index (χ0) is 6.15. The number of carbonyl (C=O) groups excluding carboxylic acids is 2. The highest BCUT2D eigenvalue weighted by atomic mass is 32.1. The minimum absolute atomic E-state index is 0.0926. The number of hydrogen-bond acceptors (Lipinski definition) is 3. The molecule has 0 bridgehead atoms. The molecular weight excluding hydrogens is 126 g/mol. The Kier molecular flexibility index (Phi) is 1.19. The monoisotopic (exact) mass is 129 g/mol. The zero-order valence-electron chi connectivity index (χ0n) is 3.88. The predicted molar refractivity (Wildman–Crippen MR) is 27.5 cm³/mol. The van der Waals surface area contributed by atoms with Crippen LogP contribution in [0.1, 0.15) is 0 Å². The number of amides is 2. The first-order valence-corrected chi connectivity index (χ1v) is 2.43. The summed E-state index contributed by atoms with van der Waals surface area (Å²) in [6.07, 6.45) is 2.37. The number of nitrogens with one attached hydrogen (secondary N) is 1. The SMILES string of the molecule is O=C1C=CC(=O)[NH+]1[S-]. The van der Waals surface area contributed by atoms with Crippen molar-refractivity contribution in [1.29, 1.82) is 0 Å². The molecule has 0 aromatic heterocycles. The second-order valence-electron chi connectivity index (χ2n) is 1.39. The van der Waals surface area contributed by atoms with Crippen LogP contribution in [0.25, 0.3) is 0 Å². The fraction of sp³-hybridized carbons (Fsp3) is 0. The van der Waals surface area contributed by atoms with E-state index >= 15 is 0 Å². The van der Waals surface area contributed by atoms with Crippen LogP contribution in [0.5, 0.6) is 0 Å². The van der Waals surface area contributed by atoms with Gasteiger partial charge in [-0.2, -0.15) is 0 Å². The average Bonchev–Trinajstić information content (AvgIpc) is 1.98. The molecule has 0 aromatic carbocycles. The Bertz CT molecular complexity index is 157. The van der Waals surface area contributed by atoms with Crippen LogP contribution in [0.2, 0.25) is 0 Å². The van der Waals surface area contributed by atoms with Gasteiger partial charge in [0.25, 0.3) is 0 Å². The van der Waals surface area contributed by atoms with Crippen LogP contribution >= 0.6 is 0 Å². The van der Waals surface area contributed by atoms with Crippen LogP contribution in [-0.4, -0.2) is 11.8 Å². The van der Waals surface area contributed by atoms with E-state index in [0.29, 0.717) is 0 Å². The van der Waals surface area contributed by atoms with Gasteiger partial charge >= 0.3 is 11.8 Å². The van der Waals surface area contributed by atoms with Crippen molar-refractivity contribution in [3.63, 3.8) is 0 Å². The molecule has 1 heterocycles. The summed E-state index contributed by atoms with van der Waals surface area (Å²) in [5.41, 5.74) is 0. The van der Waals surface area contributed by atoms with Gasteiger partial charge in [-0.05, 0) is 0 Å². The van der Waals surface area contributed by atoms with Crippen LogP contribution in [-0.2, 0) is 22.4 Å². The molecular formula is C4H3NO2S.